The van der Waals surface area contributed by atoms with E-state index >= 15 is 0 Å². The number of benzene rings is 2. The molecule has 0 fully saturated rings. The molecule has 3 nitrogen and oxygen atoms in total. The molecule has 0 spiro atoms. The molecule has 0 aromatic heterocycles. The molecule has 0 bridgehead atoms. The predicted octanol–water partition coefficient (Wildman–Crippen LogP) is 3.65. The maximum atomic E-state index is 13.2. The summed E-state index contributed by atoms with van der Waals surface area (Å²) in [5.74, 6) is 6.22. The minimum absolute atomic E-state index is 0.124. The van der Waals surface area contributed by atoms with Crippen LogP contribution in [0.15, 0.2) is 40.9 Å². The van der Waals surface area contributed by atoms with Gasteiger partial charge in [0.1, 0.15) is 11.6 Å². The summed E-state index contributed by atoms with van der Waals surface area (Å²) in [5, 5.41) is 0. The van der Waals surface area contributed by atoms with Crippen molar-refractivity contribution in [3.63, 3.8) is 0 Å². The number of nitrogens with two attached hydrogens (primary N) is 1. The molecule has 1 unspecified atom stereocenters. The second kappa shape index (κ2) is 7.02. The second-order valence-corrected chi connectivity index (χ2v) is 5.76. The Labute approximate surface area is 132 Å². The van der Waals surface area contributed by atoms with Gasteiger partial charge in [-0.05, 0) is 37.1 Å². The van der Waals surface area contributed by atoms with Gasteiger partial charge in [-0.15, -0.1) is 0 Å². The van der Waals surface area contributed by atoms with Crippen molar-refractivity contribution in [2.45, 2.75) is 19.4 Å². The molecule has 112 valence electrons. The molecule has 5 heteroatoms. The number of hydrogen-bond acceptors (Lipinski definition) is 3. The van der Waals surface area contributed by atoms with Crippen LogP contribution in [0.5, 0.6) is 5.75 Å². The Kier molecular flexibility index (Phi) is 5.33. The Balaban J connectivity index is 2.34. The highest BCUT2D eigenvalue weighted by Gasteiger charge is 2.17. The van der Waals surface area contributed by atoms with E-state index in [1.807, 2.05) is 25.1 Å². The first kappa shape index (κ1) is 15.9. The molecule has 2 aromatic rings. The van der Waals surface area contributed by atoms with Crippen LogP contribution in [0.1, 0.15) is 22.7 Å². The Morgan fingerprint density at radius 1 is 1.29 bits per heavy atom. The molecule has 0 saturated heterocycles. The van der Waals surface area contributed by atoms with Crippen molar-refractivity contribution in [1.29, 1.82) is 0 Å². The first-order valence-corrected chi connectivity index (χ1v) is 7.39. The highest BCUT2D eigenvalue weighted by atomic mass is 79.9. The molecule has 0 amide bonds. The number of halogens is 2. The average molecular weight is 353 g/mol. The Morgan fingerprint density at radius 2 is 2.05 bits per heavy atom. The van der Waals surface area contributed by atoms with Crippen molar-refractivity contribution < 1.29 is 9.13 Å². The Morgan fingerprint density at radius 3 is 2.67 bits per heavy atom. The summed E-state index contributed by atoms with van der Waals surface area (Å²) in [5.41, 5.74) is 5.90. The fourth-order valence-corrected chi connectivity index (χ4v) is 2.80. The minimum Gasteiger partial charge on any atom is -0.496 e. The molecule has 21 heavy (non-hydrogen) atoms. The lowest BCUT2D eigenvalue weighted by Gasteiger charge is -2.20. The van der Waals surface area contributed by atoms with Crippen LogP contribution in [0.2, 0.25) is 0 Å². The number of nitrogens with one attached hydrogen (secondary N) is 1. The molecular formula is C16H18BrFN2O. The molecule has 0 aliphatic carbocycles. The number of aryl methyl sites for hydroxylation is 1. The summed E-state index contributed by atoms with van der Waals surface area (Å²) >= 11 is 3.39. The van der Waals surface area contributed by atoms with E-state index in [1.54, 1.807) is 13.2 Å². The number of methoxy groups -OCH3 is 1. The lowest BCUT2D eigenvalue weighted by Crippen LogP contribution is -2.30. The molecule has 0 saturated carbocycles. The van der Waals surface area contributed by atoms with Crippen molar-refractivity contribution in [1.82, 2.24) is 5.43 Å². The summed E-state index contributed by atoms with van der Waals surface area (Å²) in [7, 11) is 1.63. The minimum atomic E-state index is -0.268. The van der Waals surface area contributed by atoms with Gasteiger partial charge in [-0.2, -0.15) is 0 Å². The largest absolute Gasteiger partial charge is 0.496 e. The zero-order chi connectivity index (χ0) is 15.4. The van der Waals surface area contributed by atoms with Gasteiger partial charge in [-0.3, -0.25) is 11.3 Å². The molecule has 2 aromatic carbocycles. The van der Waals surface area contributed by atoms with Crippen LogP contribution in [0.3, 0.4) is 0 Å². The van der Waals surface area contributed by atoms with Crippen LogP contribution >= 0.6 is 15.9 Å². The number of rotatable bonds is 5. The summed E-state index contributed by atoms with van der Waals surface area (Å²) in [6, 6.07) is 10.5. The van der Waals surface area contributed by atoms with Crippen LogP contribution < -0.4 is 16.0 Å². The molecule has 0 aliphatic rings. The van der Waals surface area contributed by atoms with E-state index in [0.717, 1.165) is 26.9 Å². The maximum Gasteiger partial charge on any atom is 0.124 e. The third kappa shape index (κ3) is 3.81. The highest BCUT2D eigenvalue weighted by molar-refractivity contribution is 9.10. The number of hydrogen-bond donors (Lipinski definition) is 2. The molecule has 0 radical (unpaired) electrons. The quantitative estimate of drug-likeness (QED) is 0.637. The maximum absolute atomic E-state index is 13.2. The van der Waals surface area contributed by atoms with Crippen molar-refractivity contribution >= 4 is 15.9 Å². The smallest absolute Gasteiger partial charge is 0.124 e. The third-order valence-corrected chi connectivity index (χ3v) is 4.14. The van der Waals surface area contributed by atoms with E-state index in [2.05, 4.69) is 21.4 Å². The molecule has 2 rings (SSSR count). The van der Waals surface area contributed by atoms with Crippen molar-refractivity contribution in [2.24, 2.45) is 5.84 Å². The summed E-state index contributed by atoms with van der Waals surface area (Å²) in [6.07, 6.45) is 0.622. The van der Waals surface area contributed by atoms with E-state index < -0.39 is 0 Å². The van der Waals surface area contributed by atoms with E-state index in [4.69, 9.17) is 10.6 Å². The fraction of sp³-hybridized carbons (Fsp3) is 0.250. The average Bonchev–Trinajstić information content (AvgIpc) is 2.46. The summed E-state index contributed by atoms with van der Waals surface area (Å²) in [4.78, 5) is 0. The highest BCUT2D eigenvalue weighted by Crippen LogP contribution is 2.30. The zero-order valence-corrected chi connectivity index (χ0v) is 13.6. The van der Waals surface area contributed by atoms with Crippen LogP contribution in [-0.4, -0.2) is 7.11 Å². The van der Waals surface area contributed by atoms with Gasteiger partial charge in [0, 0.05) is 10.0 Å². The van der Waals surface area contributed by atoms with Gasteiger partial charge in [-0.25, -0.2) is 4.39 Å². The standard InChI is InChI=1S/C16H18BrFN2O/c1-10-3-6-16(21-2)13(7-10)15(20-19)8-11-4-5-12(18)9-14(11)17/h3-7,9,15,20H,8,19H2,1-2H3. The molecular weight excluding hydrogens is 335 g/mol. The summed E-state index contributed by atoms with van der Waals surface area (Å²) in [6.45, 7) is 2.02. The van der Waals surface area contributed by atoms with E-state index in [-0.39, 0.29) is 11.9 Å². The Bertz CT molecular complexity index is 634. The fourth-order valence-electron chi connectivity index (χ4n) is 2.29. The van der Waals surface area contributed by atoms with E-state index in [0.29, 0.717) is 6.42 Å². The second-order valence-electron chi connectivity index (χ2n) is 4.90. The van der Waals surface area contributed by atoms with Gasteiger partial charge in [0.15, 0.2) is 0 Å². The van der Waals surface area contributed by atoms with Crippen LogP contribution in [0.4, 0.5) is 4.39 Å². The molecule has 3 N–H and O–H groups in total. The van der Waals surface area contributed by atoms with Gasteiger partial charge < -0.3 is 4.74 Å². The number of ether oxygens (including phenoxy) is 1. The third-order valence-electron chi connectivity index (χ3n) is 3.40. The number of hydrazine groups is 1. The normalized spacial score (nSPS) is 12.2. The lowest BCUT2D eigenvalue weighted by atomic mass is 9.97. The van der Waals surface area contributed by atoms with Crippen LogP contribution in [0.25, 0.3) is 0 Å². The van der Waals surface area contributed by atoms with Gasteiger partial charge >= 0.3 is 0 Å². The summed E-state index contributed by atoms with van der Waals surface area (Å²) < 4.78 is 19.3. The lowest BCUT2D eigenvalue weighted by molar-refractivity contribution is 0.399. The molecule has 1 atom stereocenters. The van der Waals surface area contributed by atoms with E-state index in [9.17, 15) is 4.39 Å². The molecule has 0 heterocycles. The predicted molar refractivity (Wildman–Crippen MR) is 85.6 cm³/mol. The topological polar surface area (TPSA) is 47.3 Å². The van der Waals surface area contributed by atoms with Gasteiger partial charge in [0.25, 0.3) is 0 Å². The van der Waals surface area contributed by atoms with Crippen molar-refractivity contribution in [3.05, 3.63) is 63.4 Å². The van der Waals surface area contributed by atoms with Gasteiger partial charge in [0.2, 0.25) is 0 Å². The van der Waals surface area contributed by atoms with Crippen molar-refractivity contribution in [3.8, 4) is 5.75 Å². The van der Waals surface area contributed by atoms with Crippen LogP contribution in [0, 0.1) is 12.7 Å². The monoisotopic (exact) mass is 352 g/mol. The zero-order valence-electron chi connectivity index (χ0n) is 12.0. The van der Waals surface area contributed by atoms with E-state index in [1.165, 1.54) is 12.1 Å². The first-order chi connectivity index (χ1) is 10.0. The molecule has 0 aliphatic heterocycles. The van der Waals surface area contributed by atoms with Crippen LogP contribution in [-0.2, 0) is 6.42 Å². The SMILES string of the molecule is COc1ccc(C)cc1C(Cc1ccc(F)cc1Br)NN. The van der Waals surface area contributed by atoms with Crippen molar-refractivity contribution in [2.75, 3.05) is 7.11 Å². The Hall–Kier alpha value is -1.43. The first-order valence-electron chi connectivity index (χ1n) is 6.59. The van der Waals surface area contributed by atoms with Gasteiger partial charge in [-0.1, -0.05) is 39.7 Å². The van der Waals surface area contributed by atoms with Gasteiger partial charge in [0.05, 0.1) is 13.2 Å².